The zero-order chi connectivity index (χ0) is 15.0. The Labute approximate surface area is 115 Å². The molecular formula is C12H15N3O5. The van der Waals surface area contributed by atoms with Crippen molar-refractivity contribution in [2.45, 2.75) is 6.54 Å². The molecule has 0 unspecified atom stereocenters. The summed E-state index contributed by atoms with van der Waals surface area (Å²) in [5, 5.41) is 10.4. The minimum absolute atomic E-state index is 0.295. The van der Waals surface area contributed by atoms with E-state index < -0.39 is 31.1 Å². The zero-order valence-electron chi connectivity index (χ0n) is 10.9. The molecule has 2 N–H and O–H groups in total. The summed E-state index contributed by atoms with van der Waals surface area (Å²) >= 11 is 0. The van der Waals surface area contributed by atoms with E-state index in [1.165, 1.54) is 11.9 Å². The monoisotopic (exact) mass is 281 g/mol. The van der Waals surface area contributed by atoms with Crippen LogP contribution in [0.15, 0.2) is 24.5 Å². The second kappa shape index (κ2) is 7.85. The number of aliphatic carboxylic acids is 1. The molecule has 0 saturated carbocycles. The van der Waals surface area contributed by atoms with Gasteiger partial charge in [-0.25, -0.2) is 9.59 Å². The summed E-state index contributed by atoms with van der Waals surface area (Å²) in [6, 6.07) is 2.94. The number of pyridine rings is 1. The highest BCUT2D eigenvalue weighted by Crippen LogP contribution is 2.00. The summed E-state index contributed by atoms with van der Waals surface area (Å²) in [6.45, 7) is -0.783. The Kier molecular flexibility index (Phi) is 6.11. The molecule has 0 spiro atoms. The van der Waals surface area contributed by atoms with Gasteiger partial charge < -0.3 is 14.7 Å². The number of aromatic nitrogens is 1. The lowest BCUT2D eigenvalue weighted by Gasteiger charge is -2.17. The van der Waals surface area contributed by atoms with Gasteiger partial charge in [-0.3, -0.25) is 15.1 Å². The van der Waals surface area contributed by atoms with Crippen LogP contribution in [0.3, 0.4) is 0 Å². The predicted molar refractivity (Wildman–Crippen MR) is 67.7 cm³/mol. The van der Waals surface area contributed by atoms with Gasteiger partial charge in [0.15, 0.2) is 0 Å². The third kappa shape index (κ3) is 5.91. The van der Waals surface area contributed by atoms with Gasteiger partial charge in [-0.15, -0.1) is 0 Å². The SMILES string of the molecule is CN(Cc1cccnc1)C(=O)NC(=O)COCC(=O)O. The van der Waals surface area contributed by atoms with Crippen molar-refractivity contribution in [2.75, 3.05) is 20.3 Å². The molecule has 20 heavy (non-hydrogen) atoms. The topological polar surface area (TPSA) is 109 Å². The summed E-state index contributed by atoms with van der Waals surface area (Å²) in [5.74, 6) is -1.88. The van der Waals surface area contributed by atoms with E-state index in [9.17, 15) is 14.4 Å². The van der Waals surface area contributed by atoms with Crippen molar-refractivity contribution in [1.82, 2.24) is 15.2 Å². The third-order valence-corrected chi connectivity index (χ3v) is 2.19. The number of ether oxygens (including phenoxy) is 1. The van der Waals surface area contributed by atoms with Crippen molar-refractivity contribution in [3.63, 3.8) is 0 Å². The first-order chi connectivity index (χ1) is 9.49. The number of carbonyl (C=O) groups excluding carboxylic acids is 2. The predicted octanol–water partition coefficient (Wildman–Crippen LogP) is -0.149. The molecule has 0 saturated heterocycles. The van der Waals surface area contributed by atoms with Crippen LogP contribution < -0.4 is 5.32 Å². The van der Waals surface area contributed by atoms with Crippen LogP contribution in [0.4, 0.5) is 4.79 Å². The molecule has 0 aliphatic rings. The molecule has 0 aliphatic carbocycles. The normalized spacial score (nSPS) is 9.85. The minimum Gasteiger partial charge on any atom is -0.480 e. The maximum Gasteiger partial charge on any atom is 0.329 e. The maximum atomic E-state index is 11.7. The molecule has 1 aromatic heterocycles. The molecule has 3 amide bonds. The Morgan fingerprint density at radius 1 is 1.40 bits per heavy atom. The number of urea groups is 1. The Bertz CT molecular complexity index is 477. The fraction of sp³-hybridized carbons (Fsp3) is 0.333. The number of amides is 3. The largest absolute Gasteiger partial charge is 0.480 e. The second-order valence-corrected chi connectivity index (χ2v) is 3.96. The summed E-state index contributed by atoms with van der Waals surface area (Å²) < 4.78 is 4.56. The average Bonchev–Trinajstić information content (AvgIpc) is 2.39. The lowest BCUT2D eigenvalue weighted by Crippen LogP contribution is -2.42. The van der Waals surface area contributed by atoms with Crippen LogP contribution in [0.25, 0.3) is 0 Å². The highest BCUT2D eigenvalue weighted by Gasteiger charge is 2.13. The number of hydrogen-bond acceptors (Lipinski definition) is 5. The molecule has 8 nitrogen and oxygen atoms in total. The van der Waals surface area contributed by atoms with Gasteiger partial charge in [-0.1, -0.05) is 6.07 Å². The van der Waals surface area contributed by atoms with Crippen LogP contribution in [0, 0.1) is 0 Å². The van der Waals surface area contributed by atoms with E-state index in [0.29, 0.717) is 6.54 Å². The molecule has 1 heterocycles. The first-order valence-electron chi connectivity index (χ1n) is 5.72. The Hall–Kier alpha value is -2.48. The van der Waals surface area contributed by atoms with E-state index in [4.69, 9.17) is 5.11 Å². The fourth-order valence-electron chi connectivity index (χ4n) is 1.32. The highest BCUT2D eigenvalue weighted by molar-refractivity contribution is 5.94. The van der Waals surface area contributed by atoms with E-state index in [-0.39, 0.29) is 0 Å². The number of carboxylic acids is 1. The van der Waals surface area contributed by atoms with E-state index >= 15 is 0 Å². The van der Waals surface area contributed by atoms with E-state index in [2.05, 4.69) is 15.0 Å². The fourth-order valence-corrected chi connectivity index (χ4v) is 1.32. The smallest absolute Gasteiger partial charge is 0.329 e. The lowest BCUT2D eigenvalue weighted by molar-refractivity contribution is -0.143. The van der Waals surface area contributed by atoms with Crippen LogP contribution in [0.2, 0.25) is 0 Å². The van der Waals surface area contributed by atoms with Gasteiger partial charge in [-0.05, 0) is 11.6 Å². The van der Waals surface area contributed by atoms with Crippen molar-refractivity contribution < 1.29 is 24.2 Å². The van der Waals surface area contributed by atoms with E-state index in [1.807, 2.05) is 0 Å². The Balaban J connectivity index is 2.34. The van der Waals surface area contributed by atoms with Gasteiger partial charge in [-0.2, -0.15) is 0 Å². The molecule has 0 atom stereocenters. The van der Waals surface area contributed by atoms with Gasteiger partial charge in [0, 0.05) is 26.0 Å². The number of nitrogens with zero attached hydrogens (tertiary/aromatic N) is 2. The van der Waals surface area contributed by atoms with E-state index in [1.54, 1.807) is 24.5 Å². The van der Waals surface area contributed by atoms with Gasteiger partial charge in [0.05, 0.1) is 0 Å². The van der Waals surface area contributed by atoms with Crippen LogP contribution in [0.1, 0.15) is 5.56 Å². The molecule has 1 aromatic rings. The highest BCUT2D eigenvalue weighted by atomic mass is 16.5. The van der Waals surface area contributed by atoms with Gasteiger partial charge in [0.1, 0.15) is 13.2 Å². The molecule has 1 rings (SSSR count). The third-order valence-electron chi connectivity index (χ3n) is 2.19. The molecule has 0 aliphatic heterocycles. The summed E-state index contributed by atoms with van der Waals surface area (Å²) in [5.41, 5.74) is 0.819. The average molecular weight is 281 g/mol. The number of carbonyl (C=O) groups is 3. The lowest BCUT2D eigenvalue weighted by atomic mass is 10.3. The molecule has 0 bridgehead atoms. The van der Waals surface area contributed by atoms with Gasteiger partial charge >= 0.3 is 12.0 Å². The first-order valence-corrected chi connectivity index (χ1v) is 5.72. The van der Waals surface area contributed by atoms with Crippen molar-refractivity contribution in [2.24, 2.45) is 0 Å². The van der Waals surface area contributed by atoms with Crippen LogP contribution >= 0.6 is 0 Å². The number of nitrogens with one attached hydrogen (secondary N) is 1. The van der Waals surface area contributed by atoms with Crippen molar-refractivity contribution in [1.29, 1.82) is 0 Å². The van der Waals surface area contributed by atoms with Crippen LogP contribution in [-0.2, 0) is 20.9 Å². The number of hydrogen-bond donors (Lipinski definition) is 2. The Morgan fingerprint density at radius 2 is 2.15 bits per heavy atom. The molecular weight excluding hydrogens is 266 g/mol. The maximum absolute atomic E-state index is 11.7. The molecule has 0 aromatic carbocycles. The van der Waals surface area contributed by atoms with Crippen LogP contribution in [0.5, 0.6) is 0 Å². The molecule has 0 radical (unpaired) electrons. The van der Waals surface area contributed by atoms with Crippen LogP contribution in [-0.4, -0.2) is 53.2 Å². The van der Waals surface area contributed by atoms with Crippen molar-refractivity contribution in [3.05, 3.63) is 30.1 Å². The van der Waals surface area contributed by atoms with E-state index in [0.717, 1.165) is 5.56 Å². The standard InChI is InChI=1S/C12H15N3O5/c1-15(6-9-3-2-4-13-5-9)12(19)14-10(16)7-20-8-11(17)18/h2-5H,6-8H2,1H3,(H,17,18)(H,14,16,19). The number of rotatable bonds is 6. The van der Waals surface area contributed by atoms with Crippen molar-refractivity contribution in [3.8, 4) is 0 Å². The number of carboxylic acid groups (broad SMARTS) is 1. The summed E-state index contributed by atoms with van der Waals surface area (Å²) in [7, 11) is 1.52. The summed E-state index contributed by atoms with van der Waals surface area (Å²) in [6.07, 6.45) is 3.23. The Morgan fingerprint density at radius 3 is 2.75 bits per heavy atom. The van der Waals surface area contributed by atoms with Gasteiger partial charge in [0.2, 0.25) is 0 Å². The first kappa shape index (κ1) is 15.6. The van der Waals surface area contributed by atoms with Crippen molar-refractivity contribution >= 4 is 17.9 Å². The minimum atomic E-state index is -1.18. The zero-order valence-corrected chi connectivity index (χ0v) is 10.9. The summed E-state index contributed by atoms with van der Waals surface area (Å²) in [4.78, 5) is 38.3. The second-order valence-electron chi connectivity index (χ2n) is 3.96. The molecule has 108 valence electrons. The van der Waals surface area contributed by atoms with Gasteiger partial charge in [0.25, 0.3) is 5.91 Å². The molecule has 8 heteroatoms. The molecule has 0 fully saturated rings. The quantitative estimate of drug-likeness (QED) is 0.750. The number of imide groups is 1.